The summed E-state index contributed by atoms with van der Waals surface area (Å²) in [5.74, 6) is 0.674. The SMILES string of the molecule is Clc1ccc(OCc2c[nH]cn2)cc1Cl. The molecule has 2 aromatic rings. The van der Waals surface area contributed by atoms with Gasteiger partial charge in [0, 0.05) is 12.3 Å². The predicted octanol–water partition coefficient (Wildman–Crippen LogP) is 3.30. The molecule has 0 atom stereocenters. The highest BCUT2D eigenvalue weighted by Crippen LogP contribution is 2.26. The molecule has 15 heavy (non-hydrogen) atoms. The lowest BCUT2D eigenvalue weighted by atomic mass is 10.3. The number of nitrogens with zero attached hydrogens (tertiary/aromatic N) is 1. The minimum atomic E-state index is 0.404. The fourth-order valence-electron chi connectivity index (χ4n) is 1.09. The van der Waals surface area contributed by atoms with E-state index in [2.05, 4.69) is 9.97 Å². The highest BCUT2D eigenvalue weighted by atomic mass is 35.5. The molecule has 0 saturated heterocycles. The van der Waals surface area contributed by atoms with Gasteiger partial charge in [0.15, 0.2) is 0 Å². The molecule has 0 aliphatic heterocycles. The number of rotatable bonds is 3. The fraction of sp³-hybridized carbons (Fsp3) is 0.100. The first-order valence-electron chi connectivity index (χ1n) is 4.31. The summed E-state index contributed by atoms with van der Waals surface area (Å²) in [5.41, 5.74) is 0.834. The van der Waals surface area contributed by atoms with E-state index in [1.807, 2.05) is 0 Å². The van der Waals surface area contributed by atoms with Crippen LogP contribution in [0.2, 0.25) is 10.0 Å². The first kappa shape index (κ1) is 10.3. The van der Waals surface area contributed by atoms with Gasteiger partial charge in [0.2, 0.25) is 0 Å². The molecule has 0 aliphatic rings. The van der Waals surface area contributed by atoms with E-state index < -0.39 is 0 Å². The molecule has 0 saturated carbocycles. The molecule has 78 valence electrons. The molecule has 1 heterocycles. The lowest BCUT2D eigenvalue weighted by Gasteiger charge is -2.04. The van der Waals surface area contributed by atoms with Crippen LogP contribution in [-0.2, 0) is 6.61 Å². The third-order valence-electron chi connectivity index (χ3n) is 1.83. The highest BCUT2D eigenvalue weighted by molar-refractivity contribution is 6.42. The number of nitrogens with one attached hydrogen (secondary N) is 1. The molecule has 0 unspecified atom stereocenters. The molecule has 2 rings (SSSR count). The van der Waals surface area contributed by atoms with E-state index in [1.165, 1.54) is 0 Å². The maximum atomic E-state index is 5.84. The molecule has 3 nitrogen and oxygen atoms in total. The molecule has 0 amide bonds. The van der Waals surface area contributed by atoms with Gasteiger partial charge in [0.25, 0.3) is 0 Å². The van der Waals surface area contributed by atoms with Crippen molar-refractivity contribution in [1.82, 2.24) is 9.97 Å². The zero-order chi connectivity index (χ0) is 10.7. The van der Waals surface area contributed by atoms with Crippen molar-refractivity contribution in [2.24, 2.45) is 0 Å². The van der Waals surface area contributed by atoms with Gasteiger partial charge in [0.05, 0.1) is 22.1 Å². The van der Waals surface area contributed by atoms with Crippen LogP contribution in [0.3, 0.4) is 0 Å². The standard InChI is InChI=1S/C10H8Cl2N2O/c11-9-2-1-8(3-10(9)12)15-5-7-4-13-6-14-7/h1-4,6H,5H2,(H,13,14). The Kier molecular flexibility index (Phi) is 3.14. The number of hydrogen-bond donors (Lipinski definition) is 1. The molecule has 0 bridgehead atoms. The Labute approximate surface area is 97.0 Å². The van der Waals surface area contributed by atoms with Crippen LogP contribution in [0, 0.1) is 0 Å². The van der Waals surface area contributed by atoms with Crippen molar-refractivity contribution in [2.45, 2.75) is 6.61 Å². The summed E-state index contributed by atoms with van der Waals surface area (Å²) in [7, 11) is 0. The minimum absolute atomic E-state index is 0.404. The summed E-state index contributed by atoms with van der Waals surface area (Å²) in [5, 5.41) is 1.000. The van der Waals surface area contributed by atoms with E-state index >= 15 is 0 Å². The van der Waals surface area contributed by atoms with Gasteiger partial charge >= 0.3 is 0 Å². The molecule has 1 N–H and O–H groups in total. The monoisotopic (exact) mass is 242 g/mol. The second-order valence-electron chi connectivity index (χ2n) is 2.93. The Morgan fingerprint density at radius 1 is 1.27 bits per heavy atom. The van der Waals surface area contributed by atoms with E-state index in [0.717, 1.165) is 5.69 Å². The molecule has 5 heteroatoms. The van der Waals surface area contributed by atoms with Crippen LogP contribution in [-0.4, -0.2) is 9.97 Å². The Balaban J connectivity index is 2.02. The van der Waals surface area contributed by atoms with Gasteiger partial charge in [-0.2, -0.15) is 0 Å². The second kappa shape index (κ2) is 4.55. The van der Waals surface area contributed by atoms with Crippen molar-refractivity contribution < 1.29 is 4.74 Å². The van der Waals surface area contributed by atoms with Crippen LogP contribution < -0.4 is 4.74 Å². The van der Waals surface area contributed by atoms with Crippen LogP contribution in [0.1, 0.15) is 5.69 Å². The van der Waals surface area contributed by atoms with Gasteiger partial charge in [-0.05, 0) is 12.1 Å². The summed E-state index contributed by atoms with van der Waals surface area (Å²) < 4.78 is 5.46. The molecule has 0 spiro atoms. The van der Waals surface area contributed by atoms with Gasteiger partial charge in [-0.25, -0.2) is 4.98 Å². The van der Waals surface area contributed by atoms with Crippen molar-refractivity contribution in [3.63, 3.8) is 0 Å². The quantitative estimate of drug-likeness (QED) is 0.897. The van der Waals surface area contributed by atoms with Crippen molar-refractivity contribution >= 4 is 23.2 Å². The zero-order valence-electron chi connectivity index (χ0n) is 7.71. The maximum Gasteiger partial charge on any atom is 0.132 e. The van der Waals surface area contributed by atoms with Gasteiger partial charge in [-0.3, -0.25) is 0 Å². The van der Waals surface area contributed by atoms with Gasteiger partial charge in [0.1, 0.15) is 12.4 Å². The summed E-state index contributed by atoms with van der Waals surface area (Å²) in [6.45, 7) is 0.404. The summed E-state index contributed by atoms with van der Waals surface area (Å²) in [4.78, 5) is 6.88. The number of aromatic nitrogens is 2. The molecular formula is C10H8Cl2N2O. The lowest BCUT2D eigenvalue weighted by molar-refractivity contribution is 0.302. The van der Waals surface area contributed by atoms with Crippen LogP contribution in [0.4, 0.5) is 0 Å². The third kappa shape index (κ3) is 2.64. The predicted molar refractivity (Wildman–Crippen MR) is 59.4 cm³/mol. The third-order valence-corrected chi connectivity index (χ3v) is 2.57. The van der Waals surface area contributed by atoms with Crippen LogP contribution in [0.25, 0.3) is 0 Å². The molecule has 0 fully saturated rings. The number of aromatic amines is 1. The minimum Gasteiger partial charge on any atom is -0.487 e. The smallest absolute Gasteiger partial charge is 0.132 e. The summed E-state index contributed by atoms with van der Waals surface area (Å²) >= 11 is 11.6. The average molecular weight is 243 g/mol. The number of ether oxygens (including phenoxy) is 1. The van der Waals surface area contributed by atoms with Crippen LogP contribution >= 0.6 is 23.2 Å². The van der Waals surface area contributed by atoms with Gasteiger partial charge in [-0.1, -0.05) is 23.2 Å². The Morgan fingerprint density at radius 3 is 2.80 bits per heavy atom. The number of halogens is 2. The van der Waals surface area contributed by atoms with E-state index in [9.17, 15) is 0 Å². The molecular weight excluding hydrogens is 235 g/mol. The Morgan fingerprint density at radius 2 is 2.13 bits per heavy atom. The van der Waals surface area contributed by atoms with Gasteiger partial charge in [-0.15, -0.1) is 0 Å². The van der Waals surface area contributed by atoms with Crippen molar-refractivity contribution in [3.8, 4) is 5.75 Å². The topological polar surface area (TPSA) is 37.9 Å². The van der Waals surface area contributed by atoms with Gasteiger partial charge < -0.3 is 9.72 Å². The Hall–Kier alpha value is -1.19. The van der Waals surface area contributed by atoms with E-state index in [4.69, 9.17) is 27.9 Å². The first-order chi connectivity index (χ1) is 7.25. The van der Waals surface area contributed by atoms with Crippen LogP contribution in [0.5, 0.6) is 5.75 Å². The molecule has 1 aromatic carbocycles. The maximum absolute atomic E-state index is 5.84. The largest absolute Gasteiger partial charge is 0.487 e. The second-order valence-corrected chi connectivity index (χ2v) is 3.74. The van der Waals surface area contributed by atoms with Crippen LogP contribution in [0.15, 0.2) is 30.7 Å². The molecule has 1 aromatic heterocycles. The van der Waals surface area contributed by atoms with E-state index in [1.54, 1.807) is 30.7 Å². The van der Waals surface area contributed by atoms with E-state index in [-0.39, 0.29) is 0 Å². The summed E-state index contributed by atoms with van der Waals surface area (Å²) in [6.07, 6.45) is 3.38. The number of imidazole rings is 1. The van der Waals surface area contributed by atoms with Crippen molar-refractivity contribution in [3.05, 3.63) is 46.5 Å². The fourth-order valence-corrected chi connectivity index (χ4v) is 1.38. The summed E-state index contributed by atoms with van der Waals surface area (Å²) in [6, 6.07) is 5.14. The molecule has 0 aliphatic carbocycles. The first-order valence-corrected chi connectivity index (χ1v) is 5.07. The van der Waals surface area contributed by atoms with Crippen molar-refractivity contribution in [1.29, 1.82) is 0 Å². The number of H-pyrrole nitrogens is 1. The number of hydrogen-bond acceptors (Lipinski definition) is 2. The lowest BCUT2D eigenvalue weighted by Crippen LogP contribution is -1.95. The zero-order valence-corrected chi connectivity index (χ0v) is 9.22. The molecule has 0 radical (unpaired) electrons. The van der Waals surface area contributed by atoms with Crippen molar-refractivity contribution in [2.75, 3.05) is 0 Å². The van der Waals surface area contributed by atoms with E-state index in [0.29, 0.717) is 22.4 Å². The average Bonchev–Trinajstić information content (AvgIpc) is 2.73. The number of benzene rings is 1. The Bertz CT molecular complexity index is 443. The highest BCUT2D eigenvalue weighted by Gasteiger charge is 2.01. The normalized spacial score (nSPS) is 10.3.